The Bertz CT molecular complexity index is 1330. The second kappa shape index (κ2) is 10.3. The van der Waals surface area contributed by atoms with Gasteiger partial charge in [0.05, 0.1) is 11.3 Å². The van der Waals surface area contributed by atoms with Gasteiger partial charge in [-0.05, 0) is 43.2 Å². The van der Waals surface area contributed by atoms with Crippen LogP contribution in [0.2, 0.25) is 0 Å². The van der Waals surface area contributed by atoms with Crippen LogP contribution in [0.1, 0.15) is 24.0 Å². The van der Waals surface area contributed by atoms with Gasteiger partial charge in [-0.1, -0.05) is 30.3 Å². The lowest BCUT2D eigenvalue weighted by Crippen LogP contribution is -2.22. The van der Waals surface area contributed by atoms with Crippen molar-refractivity contribution >= 4 is 27.6 Å². The number of aliphatic carboxylic acids is 1. The Balaban J connectivity index is 1.92. The molecule has 0 unspecified atom stereocenters. The number of alkyl halides is 3. The number of aryl methyl sites for hydroxylation is 1. The zero-order valence-corrected chi connectivity index (χ0v) is 19.7. The number of rotatable bonds is 9. The second-order valence-electron chi connectivity index (χ2n) is 7.76. The molecular weight excluding hydrogens is 485 g/mol. The number of carboxylic acid groups (broad SMARTS) is 1. The summed E-state index contributed by atoms with van der Waals surface area (Å²) in [5, 5.41) is 8.41. The van der Waals surface area contributed by atoms with E-state index in [1.54, 1.807) is 43.1 Å². The molecule has 0 radical (unpaired) electrons. The maximum atomic E-state index is 13.6. The van der Waals surface area contributed by atoms with E-state index in [0.29, 0.717) is 24.3 Å². The molecule has 2 heterocycles. The highest BCUT2D eigenvalue weighted by atomic mass is 32.2. The van der Waals surface area contributed by atoms with E-state index < -0.39 is 33.4 Å². The second-order valence-corrected chi connectivity index (χ2v) is 9.39. The first-order valence-electron chi connectivity index (χ1n) is 10.5. The summed E-state index contributed by atoms with van der Waals surface area (Å²) in [5.74, 6) is -0.946. The summed E-state index contributed by atoms with van der Waals surface area (Å²) in [7, 11) is -2.65. The minimum atomic E-state index is -4.69. The number of carbonyl (C=O) groups is 1. The van der Waals surface area contributed by atoms with Gasteiger partial charge in [0.15, 0.2) is 5.03 Å². The smallest absolute Gasteiger partial charge is 0.418 e. The van der Waals surface area contributed by atoms with Crippen LogP contribution < -0.4 is 9.62 Å². The third-order valence-electron chi connectivity index (χ3n) is 5.10. The molecule has 3 aromatic rings. The molecule has 8 nitrogen and oxygen atoms in total. The zero-order valence-electron chi connectivity index (χ0n) is 18.9. The van der Waals surface area contributed by atoms with Crippen molar-refractivity contribution in [1.29, 1.82) is 0 Å². The predicted octanol–water partition coefficient (Wildman–Crippen LogP) is 4.57. The molecule has 0 saturated carbocycles. The van der Waals surface area contributed by atoms with Crippen LogP contribution in [0.25, 0.3) is 11.3 Å². The minimum Gasteiger partial charge on any atom is -0.481 e. The SMILES string of the molecule is Cc1ccccc1-c1nc(NS(=O)(=O)c2cccc(N(C)CCCC(=O)O)n2)ccc1C(F)(F)F. The molecule has 0 saturated heterocycles. The van der Waals surface area contributed by atoms with Crippen LogP contribution in [-0.4, -0.2) is 43.1 Å². The van der Waals surface area contributed by atoms with Crippen molar-refractivity contribution < 1.29 is 31.5 Å². The van der Waals surface area contributed by atoms with Gasteiger partial charge in [-0.3, -0.25) is 9.52 Å². The molecular formula is C23H23F3N4O4S. The van der Waals surface area contributed by atoms with Crippen molar-refractivity contribution in [2.45, 2.75) is 31.0 Å². The summed E-state index contributed by atoms with van der Waals surface area (Å²) in [5.41, 5.74) is -0.608. The lowest BCUT2D eigenvalue weighted by atomic mass is 10.0. The van der Waals surface area contributed by atoms with Crippen LogP contribution in [0.5, 0.6) is 0 Å². The molecule has 0 spiro atoms. The topological polar surface area (TPSA) is 112 Å². The average molecular weight is 509 g/mol. The van der Waals surface area contributed by atoms with Crippen LogP contribution in [0.15, 0.2) is 59.6 Å². The van der Waals surface area contributed by atoms with E-state index in [1.165, 1.54) is 18.2 Å². The van der Waals surface area contributed by atoms with Crippen molar-refractivity contribution in [3.63, 3.8) is 0 Å². The summed E-state index contributed by atoms with van der Waals surface area (Å²) in [6, 6.07) is 12.4. The number of hydrogen-bond donors (Lipinski definition) is 2. The summed E-state index contributed by atoms with van der Waals surface area (Å²) in [6.07, 6.45) is -4.41. The highest BCUT2D eigenvalue weighted by Gasteiger charge is 2.35. The summed E-state index contributed by atoms with van der Waals surface area (Å²) >= 11 is 0. The van der Waals surface area contributed by atoms with E-state index in [0.717, 1.165) is 12.1 Å². The highest BCUT2D eigenvalue weighted by molar-refractivity contribution is 7.92. The molecule has 186 valence electrons. The number of nitrogens with one attached hydrogen (secondary N) is 1. The monoisotopic (exact) mass is 508 g/mol. The molecule has 0 bridgehead atoms. The lowest BCUT2D eigenvalue weighted by Gasteiger charge is -2.18. The first-order valence-corrected chi connectivity index (χ1v) is 11.9. The normalized spacial score (nSPS) is 11.8. The number of anilines is 2. The Morgan fingerprint density at radius 2 is 1.77 bits per heavy atom. The Morgan fingerprint density at radius 3 is 2.43 bits per heavy atom. The van der Waals surface area contributed by atoms with Crippen molar-refractivity contribution in [3.8, 4) is 11.3 Å². The molecule has 0 amide bonds. The Labute approximate surface area is 200 Å². The molecule has 1 aromatic carbocycles. The van der Waals surface area contributed by atoms with Gasteiger partial charge in [-0.25, -0.2) is 9.97 Å². The number of pyridine rings is 2. The lowest BCUT2D eigenvalue weighted by molar-refractivity contribution is -0.138. The van der Waals surface area contributed by atoms with Crippen LogP contribution in [0, 0.1) is 6.92 Å². The number of benzene rings is 1. The summed E-state index contributed by atoms with van der Waals surface area (Å²) < 4.78 is 69.0. The van der Waals surface area contributed by atoms with Crippen molar-refractivity contribution in [1.82, 2.24) is 9.97 Å². The fourth-order valence-corrected chi connectivity index (χ4v) is 4.29. The molecule has 0 atom stereocenters. The maximum absolute atomic E-state index is 13.6. The Morgan fingerprint density at radius 1 is 1.06 bits per heavy atom. The molecule has 2 N–H and O–H groups in total. The van der Waals surface area contributed by atoms with Crippen molar-refractivity contribution in [2.75, 3.05) is 23.2 Å². The van der Waals surface area contributed by atoms with Gasteiger partial charge in [0.25, 0.3) is 10.0 Å². The highest BCUT2D eigenvalue weighted by Crippen LogP contribution is 2.38. The molecule has 3 rings (SSSR count). The van der Waals surface area contributed by atoms with Crippen LogP contribution in [0.3, 0.4) is 0 Å². The van der Waals surface area contributed by atoms with Gasteiger partial charge in [0, 0.05) is 25.6 Å². The van der Waals surface area contributed by atoms with Gasteiger partial charge in [0.2, 0.25) is 0 Å². The largest absolute Gasteiger partial charge is 0.481 e. The molecule has 35 heavy (non-hydrogen) atoms. The summed E-state index contributed by atoms with van der Waals surface area (Å²) in [6.45, 7) is 1.97. The first-order chi connectivity index (χ1) is 16.4. The van der Waals surface area contributed by atoms with Gasteiger partial charge in [-0.2, -0.15) is 21.6 Å². The van der Waals surface area contributed by atoms with E-state index in [1.807, 2.05) is 0 Å². The molecule has 12 heteroatoms. The average Bonchev–Trinajstić information content (AvgIpc) is 2.78. The van der Waals surface area contributed by atoms with E-state index in [2.05, 4.69) is 14.7 Å². The van der Waals surface area contributed by atoms with Crippen LogP contribution in [-0.2, 0) is 21.0 Å². The molecule has 0 fully saturated rings. The number of carboxylic acids is 1. The Hall–Kier alpha value is -3.67. The van der Waals surface area contributed by atoms with Crippen molar-refractivity contribution in [2.24, 2.45) is 0 Å². The third-order valence-corrected chi connectivity index (χ3v) is 6.36. The minimum absolute atomic E-state index is 0.0489. The zero-order chi connectivity index (χ0) is 25.8. The molecule has 0 aliphatic rings. The van der Waals surface area contributed by atoms with Gasteiger partial charge >= 0.3 is 12.1 Å². The van der Waals surface area contributed by atoms with Gasteiger partial charge < -0.3 is 10.0 Å². The van der Waals surface area contributed by atoms with Crippen LogP contribution >= 0.6 is 0 Å². The van der Waals surface area contributed by atoms with Gasteiger partial charge in [0.1, 0.15) is 11.6 Å². The molecule has 0 aliphatic heterocycles. The maximum Gasteiger partial charge on any atom is 0.418 e. The number of nitrogens with zero attached hydrogens (tertiary/aromatic N) is 3. The Kier molecular flexibility index (Phi) is 7.64. The third kappa shape index (κ3) is 6.47. The van der Waals surface area contributed by atoms with Crippen molar-refractivity contribution in [3.05, 3.63) is 65.7 Å². The first kappa shape index (κ1) is 25.9. The number of aromatic nitrogens is 2. The number of hydrogen-bond acceptors (Lipinski definition) is 6. The standard InChI is InChI=1S/C23H23F3N4O4S/c1-15-7-3-4-8-16(15)22-17(23(24,25)26)12-13-18(27-22)29-35(33,34)20-10-5-9-19(28-20)30(2)14-6-11-21(31)32/h3-5,7-10,12-13H,6,11,14H2,1-2H3,(H,27,29)(H,31,32). The molecule has 2 aromatic heterocycles. The quantitative estimate of drug-likeness (QED) is 0.435. The number of halogens is 3. The van der Waals surface area contributed by atoms with E-state index in [-0.39, 0.29) is 22.8 Å². The molecule has 0 aliphatic carbocycles. The number of sulfonamides is 1. The van der Waals surface area contributed by atoms with E-state index in [9.17, 15) is 26.4 Å². The van der Waals surface area contributed by atoms with Crippen LogP contribution in [0.4, 0.5) is 24.8 Å². The fourth-order valence-electron chi connectivity index (χ4n) is 3.33. The van der Waals surface area contributed by atoms with E-state index >= 15 is 0 Å². The summed E-state index contributed by atoms with van der Waals surface area (Å²) in [4.78, 5) is 20.4. The fraction of sp³-hybridized carbons (Fsp3) is 0.261. The predicted molar refractivity (Wildman–Crippen MR) is 125 cm³/mol. The van der Waals surface area contributed by atoms with E-state index in [4.69, 9.17) is 5.11 Å². The van der Waals surface area contributed by atoms with Gasteiger partial charge in [-0.15, -0.1) is 0 Å².